The summed E-state index contributed by atoms with van der Waals surface area (Å²) >= 11 is 1.42. The Morgan fingerprint density at radius 3 is 2.35 bits per heavy atom. The van der Waals surface area contributed by atoms with Gasteiger partial charge in [-0.05, 0) is 23.6 Å². The molecule has 2 rings (SSSR count). The van der Waals surface area contributed by atoms with Gasteiger partial charge in [-0.1, -0.05) is 24.3 Å². The van der Waals surface area contributed by atoms with Crippen molar-refractivity contribution in [3.05, 3.63) is 52.7 Å². The highest BCUT2D eigenvalue weighted by atomic mass is 32.2. The first-order valence-electron chi connectivity index (χ1n) is 5.18. The number of hydrogen-bond acceptors (Lipinski definition) is 4. The lowest BCUT2D eigenvalue weighted by Crippen LogP contribution is -2.21. The van der Waals surface area contributed by atoms with Gasteiger partial charge in [-0.15, -0.1) is 11.3 Å². The van der Waals surface area contributed by atoms with E-state index in [9.17, 15) is 8.42 Å². The molecule has 1 aromatic carbocycles. The Labute approximate surface area is 105 Å². The Hall–Kier alpha value is -1.17. The summed E-state index contributed by atoms with van der Waals surface area (Å²) in [4.78, 5) is 1.11. The summed E-state index contributed by atoms with van der Waals surface area (Å²) in [6, 6.07) is 12.1. The van der Waals surface area contributed by atoms with Crippen LogP contribution in [0.25, 0.3) is 0 Å². The van der Waals surface area contributed by atoms with E-state index in [0.717, 1.165) is 4.88 Å². The van der Waals surface area contributed by atoms with Gasteiger partial charge in [0, 0.05) is 11.4 Å². The van der Waals surface area contributed by atoms with Crippen molar-refractivity contribution in [3.63, 3.8) is 0 Å². The summed E-state index contributed by atoms with van der Waals surface area (Å²) in [5.41, 5.74) is 5.61. The fourth-order valence-electron chi connectivity index (χ4n) is 1.64. The molecule has 0 aliphatic carbocycles. The van der Waals surface area contributed by atoms with Gasteiger partial charge < -0.3 is 5.73 Å². The molecule has 1 atom stereocenters. The quantitative estimate of drug-likeness (QED) is 0.924. The first kappa shape index (κ1) is 12.3. The lowest BCUT2D eigenvalue weighted by atomic mass is 10.3. The van der Waals surface area contributed by atoms with Crippen molar-refractivity contribution >= 4 is 21.2 Å². The summed E-state index contributed by atoms with van der Waals surface area (Å²) in [7, 11) is -3.39. The van der Waals surface area contributed by atoms with E-state index in [2.05, 4.69) is 0 Å². The van der Waals surface area contributed by atoms with Crippen molar-refractivity contribution in [1.29, 1.82) is 0 Å². The molecule has 0 saturated carbocycles. The first-order chi connectivity index (χ1) is 8.16. The molecule has 1 heterocycles. The van der Waals surface area contributed by atoms with E-state index in [1.54, 1.807) is 30.3 Å². The maximum Gasteiger partial charge on any atom is 0.187 e. The van der Waals surface area contributed by atoms with E-state index in [-0.39, 0.29) is 6.54 Å². The number of thiophene rings is 1. The molecule has 2 aromatic rings. The van der Waals surface area contributed by atoms with Gasteiger partial charge in [0.2, 0.25) is 0 Å². The second-order valence-electron chi connectivity index (χ2n) is 3.60. The molecule has 5 heteroatoms. The van der Waals surface area contributed by atoms with E-state index in [4.69, 9.17) is 5.73 Å². The zero-order chi connectivity index (χ0) is 12.3. The highest BCUT2D eigenvalue weighted by Crippen LogP contribution is 2.30. The van der Waals surface area contributed by atoms with Crippen LogP contribution in [0, 0.1) is 0 Å². The Morgan fingerprint density at radius 2 is 1.82 bits per heavy atom. The zero-order valence-electron chi connectivity index (χ0n) is 9.11. The Balaban J connectivity index is 2.45. The lowest BCUT2D eigenvalue weighted by Gasteiger charge is -2.14. The second-order valence-corrected chi connectivity index (χ2v) is 6.71. The van der Waals surface area contributed by atoms with E-state index in [1.807, 2.05) is 17.5 Å². The molecular formula is C12H13NO2S2. The van der Waals surface area contributed by atoms with Crippen LogP contribution in [0.3, 0.4) is 0 Å². The van der Waals surface area contributed by atoms with Crippen LogP contribution in [0.4, 0.5) is 0 Å². The Bertz CT molecular complexity index is 562. The molecule has 0 saturated heterocycles. The van der Waals surface area contributed by atoms with Crippen LogP contribution in [-0.2, 0) is 9.84 Å². The average molecular weight is 267 g/mol. The highest BCUT2D eigenvalue weighted by Gasteiger charge is 2.28. The van der Waals surface area contributed by atoms with Gasteiger partial charge in [0.1, 0.15) is 5.25 Å². The summed E-state index contributed by atoms with van der Waals surface area (Å²) in [5, 5.41) is 1.21. The largest absolute Gasteiger partial charge is 0.329 e. The van der Waals surface area contributed by atoms with Gasteiger partial charge >= 0.3 is 0 Å². The van der Waals surface area contributed by atoms with Crippen molar-refractivity contribution in [3.8, 4) is 0 Å². The topological polar surface area (TPSA) is 60.2 Å². The summed E-state index contributed by atoms with van der Waals surface area (Å²) < 4.78 is 24.8. The van der Waals surface area contributed by atoms with E-state index >= 15 is 0 Å². The van der Waals surface area contributed by atoms with Crippen molar-refractivity contribution < 1.29 is 8.42 Å². The van der Waals surface area contributed by atoms with Gasteiger partial charge in [-0.2, -0.15) is 0 Å². The Kier molecular flexibility index (Phi) is 3.61. The molecule has 0 fully saturated rings. The van der Waals surface area contributed by atoms with Crippen molar-refractivity contribution in [2.75, 3.05) is 6.54 Å². The standard InChI is InChI=1S/C12H13NO2S2/c13-9-12(11-7-4-8-16-11)17(14,15)10-5-2-1-3-6-10/h1-8,12H,9,13H2/t12-/m0/s1. The van der Waals surface area contributed by atoms with Crippen molar-refractivity contribution in [1.82, 2.24) is 0 Å². The molecule has 3 nitrogen and oxygen atoms in total. The molecule has 1 aromatic heterocycles. The summed E-state index contributed by atoms with van der Waals surface area (Å²) in [6.45, 7) is 0.0950. The predicted octanol–water partition coefficient (Wildman–Crippen LogP) is 2.22. The third kappa shape index (κ3) is 2.41. The minimum absolute atomic E-state index is 0.0950. The third-order valence-electron chi connectivity index (χ3n) is 2.52. The number of sulfone groups is 1. The second kappa shape index (κ2) is 5.00. The van der Waals surface area contributed by atoms with Crippen LogP contribution in [0.5, 0.6) is 0 Å². The summed E-state index contributed by atoms with van der Waals surface area (Å²) in [6.07, 6.45) is 0. The number of hydrogen-bond donors (Lipinski definition) is 1. The molecule has 0 radical (unpaired) electrons. The van der Waals surface area contributed by atoms with Crippen LogP contribution in [-0.4, -0.2) is 15.0 Å². The first-order valence-corrected chi connectivity index (χ1v) is 7.61. The molecule has 0 unspecified atom stereocenters. The van der Waals surface area contributed by atoms with Crippen molar-refractivity contribution in [2.24, 2.45) is 5.73 Å². The number of nitrogens with two attached hydrogens (primary N) is 1. The molecule has 0 bridgehead atoms. The zero-order valence-corrected chi connectivity index (χ0v) is 10.7. The minimum atomic E-state index is -3.39. The lowest BCUT2D eigenvalue weighted by molar-refractivity contribution is 0.583. The van der Waals surface area contributed by atoms with E-state index in [0.29, 0.717) is 4.90 Å². The minimum Gasteiger partial charge on any atom is -0.329 e. The number of benzene rings is 1. The fourth-order valence-corrected chi connectivity index (χ4v) is 4.41. The van der Waals surface area contributed by atoms with Gasteiger partial charge in [-0.3, -0.25) is 0 Å². The number of rotatable bonds is 4. The summed E-state index contributed by atoms with van der Waals surface area (Å²) in [5.74, 6) is 0. The van der Waals surface area contributed by atoms with E-state index < -0.39 is 15.1 Å². The maximum atomic E-state index is 12.4. The van der Waals surface area contributed by atoms with Crippen LogP contribution >= 0.6 is 11.3 Å². The molecule has 0 aliphatic heterocycles. The molecule has 0 amide bonds. The molecule has 17 heavy (non-hydrogen) atoms. The average Bonchev–Trinajstić information content (AvgIpc) is 2.84. The Morgan fingerprint density at radius 1 is 1.12 bits per heavy atom. The monoisotopic (exact) mass is 267 g/mol. The van der Waals surface area contributed by atoms with Gasteiger partial charge in [0.05, 0.1) is 4.90 Å². The highest BCUT2D eigenvalue weighted by molar-refractivity contribution is 7.91. The molecule has 2 N–H and O–H groups in total. The predicted molar refractivity (Wildman–Crippen MR) is 69.7 cm³/mol. The van der Waals surface area contributed by atoms with Crippen LogP contribution < -0.4 is 5.73 Å². The van der Waals surface area contributed by atoms with Crippen LogP contribution in [0.1, 0.15) is 10.1 Å². The van der Waals surface area contributed by atoms with Gasteiger partial charge in [-0.25, -0.2) is 8.42 Å². The van der Waals surface area contributed by atoms with E-state index in [1.165, 1.54) is 11.3 Å². The third-order valence-corrected chi connectivity index (χ3v) is 5.78. The molecule has 0 aliphatic rings. The van der Waals surface area contributed by atoms with Crippen molar-refractivity contribution in [2.45, 2.75) is 10.1 Å². The van der Waals surface area contributed by atoms with Gasteiger partial charge in [0.15, 0.2) is 9.84 Å². The van der Waals surface area contributed by atoms with Crippen LogP contribution in [0.2, 0.25) is 0 Å². The van der Waals surface area contributed by atoms with Crippen LogP contribution in [0.15, 0.2) is 52.7 Å². The maximum absolute atomic E-state index is 12.4. The SMILES string of the molecule is NC[C@@H](c1cccs1)S(=O)(=O)c1ccccc1. The normalized spacial score (nSPS) is 13.5. The smallest absolute Gasteiger partial charge is 0.187 e. The molecule has 0 spiro atoms. The molecule has 90 valence electrons. The molecular weight excluding hydrogens is 254 g/mol. The fraction of sp³-hybridized carbons (Fsp3) is 0.167. The van der Waals surface area contributed by atoms with Gasteiger partial charge in [0.25, 0.3) is 0 Å².